The second kappa shape index (κ2) is 6.56. The Bertz CT molecular complexity index is 1090. The van der Waals surface area contributed by atoms with E-state index in [1.165, 1.54) is 6.07 Å². The number of H-pyrrole nitrogens is 1. The van der Waals surface area contributed by atoms with Crippen molar-refractivity contribution in [3.05, 3.63) is 70.7 Å². The molecule has 5 nitrogen and oxygen atoms in total. The monoisotopic (exact) mass is 377 g/mol. The van der Waals surface area contributed by atoms with E-state index in [2.05, 4.69) is 9.88 Å². The molecule has 1 aromatic heterocycles. The maximum atomic E-state index is 14.5. The quantitative estimate of drug-likeness (QED) is 0.698. The molecule has 6 rings (SSSR count). The van der Waals surface area contributed by atoms with Crippen LogP contribution in [0.5, 0.6) is 0 Å². The summed E-state index contributed by atoms with van der Waals surface area (Å²) in [5.74, 6) is -0.768. The first kappa shape index (κ1) is 17.1. The molecule has 0 radical (unpaired) electrons. The highest BCUT2D eigenvalue weighted by Crippen LogP contribution is 2.34. The Morgan fingerprint density at radius 1 is 1.14 bits per heavy atom. The van der Waals surface area contributed by atoms with Gasteiger partial charge in [0.15, 0.2) is 6.29 Å². The number of piperazine rings is 1. The Balaban J connectivity index is 1.67. The number of halogens is 1. The third-order valence-electron chi connectivity index (χ3n) is 5.96. The zero-order valence-corrected chi connectivity index (χ0v) is 15.3. The molecule has 1 N–H and O–H groups in total. The fourth-order valence-corrected chi connectivity index (χ4v) is 4.50. The number of amides is 1. The van der Waals surface area contributed by atoms with Crippen molar-refractivity contribution in [2.75, 3.05) is 26.2 Å². The highest BCUT2D eigenvalue weighted by Gasteiger charge is 2.35. The Hall–Kier alpha value is -2.99. The first-order chi connectivity index (χ1) is 13.7. The molecule has 4 bridgehead atoms. The number of aromatic nitrogens is 1. The summed E-state index contributed by atoms with van der Waals surface area (Å²) in [5, 5.41) is 0.841. The van der Waals surface area contributed by atoms with E-state index in [9.17, 15) is 14.0 Å². The lowest BCUT2D eigenvalue weighted by molar-refractivity contribution is 0.0446. The molecule has 1 saturated heterocycles. The lowest BCUT2D eigenvalue weighted by Crippen LogP contribution is -2.51. The number of hydrogen-bond acceptors (Lipinski definition) is 3. The van der Waals surface area contributed by atoms with Gasteiger partial charge in [0, 0.05) is 48.8 Å². The molecule has 3 aliphatic heterocycles. The van der Waals surface area contributed by atoms with Crippen molar-refractivity contribution in [1.29, 1.82) is 0 Å². The molecule has 3 aromatic rings. The topological polar surface area (TPSA) is 56.4 Å². The van der Waals surface area contributed by atoms with E-state index < -0.39 is 5.82 Å². The van der Waals surface area contributed by atoms with Crippen molar-refractivity contribution in [3.8, 4) is 0 Å². The van der Waals surface area contributed by atoms with Gasteiger partial charge in [0.25, 0.3) is 5.91 Å². The number of hydrogen-bond donors (Lipinski definition) is 1. The van der Waals surface area contributed by atoms with Gasteiger partial charge in [-0.25, -0.2) is 4.39 Å². The predicted octanol–water partition coefficient (Wildman–Crippen LogP) is 3.17. The minimum Gasteiger partial charge on any atom is -0.360 e. The molecule has 2 atom stereocenters. The van der Waals surface area contributed by atoms with Crippen LogP contribution in [0.25, 0.3) is 10.9 Å². The normalized spacial score (nSPS) is 21.9. The minimum absolute atomic E-state index is 0.134. The Morgan fingerprint density at radius 3 is 2.89 bits per heavy atom. The number of carbonyl (C=O) groups excluding carboxylic acids is 2. The van der Waals surface area contributed by atoms with Gasteiger partial charge in [0.1, 0.15) is 5.82 Å². The Kier molecular flexibility index (Phi) is 4.02. The van der Waals surface area contributed by atoms with Crippen LogP contribution in [0, 0.1) is 5.82 Å². The van der Waals surface area contributed by atoms with Gasteiger partial charge in [-0.1, -0.05) is 18.2 Å². The van der Waals surface area contributed by atoms with Crippen LogP contribution in [0.3, 0.4) is 0 Å². The average molecular weight is 377 g/mol. The van der Waals surface area contributed by atoms with Gasteiger partial charge in [-0.3, -0.25) is 14.5 Å². The minimum atomic E-state index is -0.482. The van der Waals surface area contributed by atoms with Crippen LogP contribution in [0.15, 0.2) is 42.6 Å². The summed E-state index contributed by atoms with van der Waals surface area (Å²) in [5.41, 5.74) is 3.48. The van der Waals surface area contributed by atoms with E-state index in [0.29, 0.717) is 18.7 Å². The first-order valence-electron chi connectivity index (χ1n) is 9.52. The molecule has 1 fully saturated rings. The van der Waals surface area contributed by atoms with Crippen molar-refractivity contribution >= 4 is 23.1 Å². The molecule has 2 unspecified atom stereocenters. The number of nitrogens with zero attached hydrogens (tertiary/aromatic N) is 2. The molecule has 1 amide bonds. The molecular formula is C22H20FN3O2. The molecular weight excluding hydrogens is 357 g/mol. The number of aldehydes is 1. The zero-order valence-electron chi connectivity index (χ0n) is 15.3. The molecule has 28 heavy (non-hydrogen) atoms. The van der Waals surface area contributed by atoms with Crippen molar-refractivity contribution < 1.29 is 14.0 Å². The van der Waals surface area contributed by atoms with Crippen LogP contribution >= 0.6 is 0 Å². The lowest BCUT2D eigenvalue weighted by atomic mass is 9.94. The van der Waals surface area contributed by atoms with E-state index in [4.69, 9.17) is 0 Å². The van der Waals surface area contributed by atoms with Crippen LogP contribution in [0.1, 0.15) is 37.9 Å². The van der Waals surface area contributed by atoms with Gasteiger partial charge in [-0.2, -0.15) is 0 Å². The predicted molar refractivity (Wildman–Crippen MR) is 104 cm³/mol. The number of fused-ring (bicyclic) bond motifs is 4. The smallest absolute Gasteiger partial charge is 0.257 e. The standard InChI is InChI=1S/C22H20FN3O2/c23-18-5-4-14-6-7-25-8-9-26(22(28)17(18)10-14)20(12-25)16-2-1-3-19-21(16)15(13-27)11-24-19/h1-5,10-11,13,20,24H,6-9,12H2. The summed E-state index contributed by atoms with van der Waals surface area (Å²) in [4.78, 5) is 32.1. The fraction of sp³-hybridized carbons (Fsp3) is 0.273. The van der Waals surface area contributed by atoms with Crippen LogP contribution in [0.4, 0.5) is 4.39 Å². The summed E-state index contributed by atoms with van der Waals surface area (Å²) in [7, 11) is 0. The summed E-state index contributed by atoms with van der Waals surface area (Å²) < 4.78 is 14.5. The SMILES string of the molecule is O=Cc1c[nH]c2cccc(C3CN4CCc5ccc(F)c(c5)C(=O)N3CC4)c12. The molecule has 142 valence electrons. The first-order valence-corrected chi connectivity index (χ1v) is 9.52. The van der Waals surface area contributed by atoms with E-state index in [1.807, 2.05) is 18.2 Å². The van der Waals surface area contributed by atoms with Gasteiger partial charge in [0.2, 0.25) is 0 Å². The maximum absolute atomic E-state index is 14.5. The van der Waals surface area contributed by atoms with Crippen molar-refractivity contribution in [2.45, 2.75) is 12.5 Å². The summed E-state index contributed by atoms with van der Waals surface area (Å²) in [6, 6.07) is 10.4. The third kappa shape index (κ3) is 2.64. The van der Waals surface area contributed by atoms with E-state index in [0.717, 1.165) is 47.8 Å². The molecule has 2 aromatic carbocycles. The van der Waals surface area contributed by atoms with Gasteiger partial charge < -0.3 is 9.88 Å². The van der Waals surface area contributed by atoms with E-state index >= 15 is 0 Å². The molecule has 0 spiro atoms. The number of carbonyl (C=O) groups is 2. The Morgan fingerprint density at radius 2 is 2.04 bits per heavy atom. The second-order valence-electron chi connectivity index (χ2n) is 7.51. The largest absolute Gasteiger partial charge is 0.360 e. The van der Waals surface area contributed by atoms with Gasteiger partial charge in [0.05, 0.1) is 11.6 Å². The molecule has 0 aliphatic carbocycles. The van der Waals surface area contributed by atoms with Crippen molar-refractivity contribution in [2.24, 2.45) is 0 Å². The van der Waals surface area contributed by atoms with Gasteiger partial charge in [-0.15, -0.1) is 0 Å². The van der Waals surface area contributed by atoms with Crippen LogP contribution in [0.2, 0.25) is 0 Å². The maximum Gasteiger partial charge on any atom is 0.257 e. The lowest BCUT2D eigenvalue weighted by Gasteiger charge is -2.42. The van der Waals surface area contributed by atoms with Crippen LogP contribution < -0.4 is 0 Å². The number of rotatable bonds is 2. The highest BCUT2D eigenvalue weighted by atomic mass is 19.1. The fourth-order valence-electron chi connectivity index (χ4n) is 4.50. The number of aromatic amines is 1. The van der Waals surface area contributed by atoms with E-state index in [1.54, 1.807) is 23.2 Å². The van der Waals surface area contributed by atoms with Crippen molar-refractivity contribution in [1.82, 2.24) is 14.8 Å². The summed E-state index contributed by atoms with van der Waals surface area (Å²) >= 11 is 0. The van der Waals surface area contributed by atoms with Crippen LogP contribution in [-0.2, 0) is 6.42 Å². The number of benzene rings is 2. The molecule has 4 heterocycles. The summed E-state index contributed by atoms with van der Waals surface area (Å²) in [6.07, 6.45) is 3.31. The van der Waals surface area contributed by atoms with Crippen molar-refractivity contribution in [3.63, 3.8) is 0 Å². The highest BCUT2D eigenvalue weighted by molar-refractivity contribution is 6.00. The van der Waals surface area contributed by atoms with E-state index in [-0.39, 0.29) is 17.5 Å². The molecule has 0 saturated carbocycles. The van der Waals surface area contributed by atoms with Gasteiger partial charge >= 0.3 is 0 Å². The third-order valence-corrected chi connectivity index (χ3v) is 5.96. The zero-order chi connectivity index (χ0) is 19.3. The number of nitrogens with one attached hydrogen (secondary N) is 1. The Labute approximate surface area is 161 Å². The molecule has 3 aliphatic rings. The van der Waals surface area contributed by atoms with Crippen LogP contribution in [-0.4, -0.2) is 53.2 Å². The average Bonchev–Trinajstić information content (AvgIpc) is 3.16. The molecule has 6 heteroatoms. The summed E-state index contributed by atoms with van der Waals surface area (Å²) in [6.45, 7) is 2.82. The second-order valence-corrected chi connectivity index (χ2v) is 7.51. The van der Waals surface area contributed by atoms with Gasteiger partial charge in [-0.05, 0) is 35.7 Å².